The highest BCUT2D eigenvalue weighted by atomic mass is 16.5. The highest BCUT2D eigenvalue weighted by Crippen LogP contribution is 2.61. The number of carbonyl (C=O) groups excluding carboxylic acids is 2. The van der Waals surface area contributed by atoms with E-state index in [9.17, 15) is 9.59 Å². The number of aromatic nitrogens is 1. The summed E-state index contributed by atoms with van der Waals surface area (Å²) >= 11 is 0. The Kier molecular flexibility index (Phi) is 2.78. The molecule has 2 amide bonds. The van der Waals surface area contributed by atoms with Crippen molar-refractivity contribution in [3.05, 3.63) is 47.7 Å². The van der Waals surface area contributed by atoms with E-state index < -0.39 is 0 Å². The number of benzene rings is 1. The summed E-state index contributed by atoms with van der Waals surface area (Å²) in [5.41, 5.74) is 1.29. The predicted molar refractivity (Wildman–Crippen MR) is 86.1 cm³/mol. The van der Waals surface area contributed by atoms with Crippen LogP contribution in [-0.2, 0) is 9.59 Å². The lowest BCUT2D eigenvalue weighted by atomic mass is 9.73. The maximum absolute atomic E-state index is 13.0. The van der Waals surface area contributed by atoms with Crippen LogP contribution in [0.5, 0.6) is 0 Å². The number of hydrogen-bond acceptors (Lipinski definition) is 4. The van der Waals surface area contributed by atoms with Crippen molar-refractivity contribution in [2.24, 2.45) is 23.7 Å². The molecule has 0 N–H and O–H groups in total. The SMILES string of the molecule is Cc1cc(N2C(=O)[C@@H]3[C@H]4C[C@@H]([C@@H]3C2=O)[C@H](c2ccccc2)C4)no1. The molecule has 122 valence electrons. The molecule has 0 unspecified atom stereocenters. The number of carbonyl (C=O) groups is 2. The minimum absolute atomic E-state index is 0.0858. The van der Waals surface area contributed by atoms with Gasteiger partial charge in [0, 0.05) is 6.07 Å². The molecule has 3 aliphatic rings. The first-order valence-corrected chi connectivity index (χ1v) is 8.51. The highest BCUT2D eigenvalue weighted by Gasteiger charge is 2.64. The zero-order chi connectivity index (χ0) is 16.4. The zero-order valence-electron chi connectivity index (χ0n) is 13.4. The fourth-order valence-electron chi connectivity index (χ4n) is 5.23. The van der Waals surface area contributed by atoms with E-state index in [1.165, 1.54) is 10.5 Å². The monoisotopic (exact) mass is 322 g/mol. The lowest BCUT2D eigenvalue weighted by molar-refractivity contribution is -0.123. The molecule has 24 heavy (non-hydrogen) atoms. The molecule has 5 heteroatoms. The minimum Gasteiger partial charge on any atom is -0.360 e. The molecule has 0 spiro atoms. The molecule has 0 radical (unpaired) electrons. The van der Waals surface area contributed by atoms with Crippen molar-refractivity contribution >= 4 is 17.6 Å². The van der Waals surface area contributed by atoms with Gasteiger partial charge in [-0.25, -0.2) is 4.90 Å². The number of imide groups is 1. The minimum atomic E-state index is -0.196. The third kappa shape index (κ3) is 1.72. The van der Waals surface area contributed by atoms with Crippen molar-refractivity contribution in [2.75, 3.05) is 4.90 Å². The first-order valence-electron chi connectivity index (χ1n) is 8.51. The van der Waals surface area contributed by atoms with E-state index in [-0.39, 0.29) is 29.6 Å². The summed E-state index contributed by atoms with van der Waals surface area (Å²) in [6.45, 7) is 1.76. The van der Waals surface area contributed by atoms with Crippen LogP contribution in [0.3, 0.4) is 0 Å². The summed E-state index contributed by atoms with van der Waals surface area (Å²) in [6.07, 6.45) is 1.98. The molecule has 1 aromatic carbocycles. The molecule has 1 aromatic heterocycles. The highest BCUT2D eigenvalue weighted by molar-refractivity contribution is 6.22. The lowest BCUT2D eigenvalue weighted by Gasteiger charge is -2.28. The van der Waals surface area contributed by atoms with Gasteiger partial charge >= 0.3 is 0 Å². The average molecular weight is 322 g/mol. The van der Waals surface area contributed by atoms with E-state index in [0.29, 0.717) is 23.4 Å². The van der Waals surface area contributed by atoms with Gasteiger partial charge < -0.3 is 4.52 Å². The average Bonchev–Trinajstić information content (AvgIpc) is 3.32. The number of amides is 2. The Balaban J connectivity index is 1.50. The maximum atomic E-state index is 13.0. The standard InChI is InChI=1S/C19H18N2O3/c1-10-7-15(20-24-10)21-18(22)16-12-8-13(11-5-3-2-4-6-11)14(9-12)17(16)19(21)23/h2-7,12-14,16-17H,8-9H2,1H3/t12-,13+,14-,16-,17+/m1/s1. The Bertz CT molecular complexity index is 828. The van der Waals surface area contributed by atoms with E-state index in [1.54, 1.807) is 13.0 Å². The number of nitrogens with zero attached hydrogens (tertiary/aromatic N) is 2. The third-order valence-electron chi connectivity index (χ3n) is 6.09. The molecule has 1 saturated heterocycles. The Morgan fingerprint density at radius 2 is 1.83 bits per heavy atom. The molecule has 2 saturated carbocycles. The van der Waals surface area contributed by atoms with Crippen LogP contribution in [0.4, 0.5) is 5.82 Å². The Labute approximate surface area is 139 Å². The van der Waals surface area contributed by atoms with Crippen LogP contribution in [-0.4, -0.2) is 17.0 Å². The van der Waals surface area contributed by atoms with E-state index in [0.717, 1.165) is 12.8 Å². The summed E-state index contributed by atoms with van der Waals surface area (Å²) in [5.74, 6) is 1.35. The zero-order valence-corrected chi connectivity index (χ0v) is 13.4. The van der Waals surface area contributed by atoms with Gasteiger partial charge in [-0.15, -0.1) is 0 Å². The predicted octanol–water partition coefficient (Wildman–Crippen LogP) is 2.91. The number of rotatable bonds is 2. The van der Waals surface area contributed by atoms with Gasteiger partial charge in [0.05, 0.1) is 11.8 Å². The lowest BCUT2D eigenvalue weighted by Crippen LogP contribution is -2.33. The number of aryl methyl sites for hydroxylation is 1. The van der Waals surface area contributed by atoms with Crippen LogP contribution in [0.1, 0.15) is 30.1 Å². The van der Waals surface area contributed by atoms with Gasteiger partial charge in [-0.1, -0.05) is 35.5 Å². The molecular formula is C19H18N2O3. The van der Waals surface area contributed by atoms with Crippen LogP contribution in [0.25, 0.3) is 0 Å². The van der Waals surface area contributed by atoms with E-state index >= 15 is 0 Å². The molecule has 5 rings (SSSR count). The van der Waals surface area contributed by atoms with Crippen LogP contribution < -0.4 is 4.90 Å². The van der Waals surface area contributed by atoms with E-state index in [1.807, 2.05) is 18.2 Å². The van der Waals surface area contributed by atoms with Crippen LogP contribution in [0.15, 0.2) is 40.9 Å². The molecule has 5 nitrogen and oxygen atoms in total. The molecular weight excluding hydrogens is 304 g/mol. The van der Waals surface area contributed by atoms with Gasteiger partial charge in [0.2, 0.25) is 11.8 Å². The van der Waals surface area contributed by atoms with Gasteiger partial charge in [0.15, 0.2) is 5.82 Å². The largest absolute Gasteiger partial charge is 0.360 e. The third-order valence-corrected chi connectivity index (χ3v) is 6.09. The second kappa shape index (κ2) is 4.79. The normalized spacial score (nSPS) is 34.2. The van der Waals surface area contributed by atoms with Gasteiger partial charge in [0.25, 0.3) is 0 Å². The number of anilines is 1. The van der Waals surface area contributed by atoms with Crippen LogP contribution >= 0.6 is 0 Å². The molecule has 2 bridgehead atoms. The summed E-state index contributed by atoms with van der Waals surface area (Å²) in [5, 5.41) is 3.88. The smallest absolute Gasteiger partial charge is 0.239 e. The summed E-state index contributed by atoms with van der Waals surface area (Å²) in [4.78, 5) is 27.1. The van der Waals surface area contributed by atoms with Crippen molar-refractivity contribution in [2.45, 2.75) is 25.7 Å². The van der Waals surface area contributed by atoms with Crippen molar-refractivity contribution < 1.29 is 14.1 Å². The molecule has 2 aliphatic carbocycles. The van der Waals surface area contributed by atoms with E-state index in [4.69, 9.17) is 4.52 Å². The van der Waals surface area contributed by atoms with Gasteiger partial charge in [-0.2, -0.15) is 0 Å². The summed E-state index contributed by atoms with van der Waals surface area (Å²) < 4.78 is 5.06. The van der Waals surface area contributed by atoms with E-state index in [2.05, 4.69) is 17.3 Å². The van der Waals surface area contributed by atoms with Crippen molar-refractivity contribution in [3.63, 3.8) is 0 Å². The first-order chi connectivity index (χ1) is 11.6. The molecule has 5 atom stereocenters. The van der Waals surface area contributed by atoms with Crippen molar-refractivity contribution in [1.82, 2.24) is 5.16 Å². The van der Waals surface area contributed by atoms with Gasteiger partial charge in [0.1, 0.15) is 5.76 Å². The molecule has 1 aliphatic heterocycles. The molecule has 2 aromatic rings. The van der Waals surface area contributed by atoms with Crippen molar-refractivity contribution in [1.29, 1.82) is 0 Å². The molecule has 2 heterocycles. The second-order valence-electron chi connectivity index (χ2n) is 7.27. The first kappa shape index (κ1) is 14.0. The summed E-state index contributed by atoms with van der Waals surface area (Å²) in [7, 11) is 0. The summed E-state index contributed by atoms with van der Waals surface area (Å²) in [6, 6.07) is 12.0. The Hall–Kier alpha value is -2.43. The fraction of sp³-hybridized carbons (Fsp3) is 0.421. The van der Waals surface area contributed by atoms with Crippen LogP contribution in [0, 0.1) is 30.6 Å². The fourth-order valence-corrected chi connectivity index (χ4v) is 5.23. The Morgan fingerprint density at radius 1 is 1.08 bits per heavy atom. The van der Waals surface area contributed by atoms with Gasteiger partial charge in [-0.05, 0) is 43.1 Å². The number of fused-ring (bicyclic) bond motifs is 5. The second-order valence-corrected chi connectivity index (χ2v) is 7.27. The number of hydrogen-bond donors (Lipinski definition) is 0. The van der Waals surface area contributed by atoms with Crippen LogP contribution in [0.2, 0.25) is 0 Å². The van der Waals surface area contributed by atoms with Gasteiger partial charge in [-0.3, -0.25) is 9.59 Å². The molecule has 3 fully saturated rings. The Morgan fingerprint density at radius 3 is 2.54 bits per heavy atom. The quantitative estimate of drug-likeness (QED) is 0.798. The maximum Gasteiger partial charge on any atom is 0.239 e. The topological polar surface area (TPSA) is 63.4 Å². The van der Waals surface area contributed by atoms with Crippen molar-refractivity contribution in [3.8, 4) is 0 Å².